The van der Waals surface area contributed by atoms with E-state index in [9.17, 15) is 9.59 Å². The first-order chi connectivity index (χ1) is 12.7. The van der Waals surface area contributed by atoms with E-state index < -0.39 is 0 Å². The fourth-order valence-electron chi connectivity index (χ4n) is 3.19. The number of para-hydroxylation sites is 1. The summed E-state index contributed by atoms with van der Waals surface area (Å²) >= 11 is 3.12. The van der Waals surface area contributed by atoms with Gasteiger partial charge in [0.2, 0.25) is 0 Å². The fraction of sp³-hybridized carbons (Fsp3) is 0.316. The standard InChI is InChI=1S/C19H18N2O3S2/c1-24-19(23)12-8-10-21(11-9-12)18(22)16-7-6-15(25-16)17-20-13-4-2-3-5-14(13)26-17/h2-7,12H,8-11H2,1H3. The fourth-order valence-corrected chi connectivity index (χ4v) is 5.18. The molecule has 0 spiro atoms. The molecule has 1 fully saturated rings. The first-order valence-corrected chi connectivity index (χ1v) is 10.1. The maximum absolute atomic E-state index is 12.8. The SMILES string of the molecule is COC(=O)C1CCN(C(=O)c2ccc(-c3nc4ccccc4s3)s2)CC1. The van der Waals surface area contributed by atoms with E-state index in [1.54, 1.807) is 11.3 Å². The summed E-state index contributed by atoms with van der Waals surface area (Å²) in [6, 6.07) is 11.9. The van der Waals surface area contributed by atoms with Gasteiger partial charge in [-0.25, -0.2) is 4.98 Å². The maximum Gasteiger partial charge on any atom is 0.308 e. The number of hydrogen-bond donors (Lipinski definition) is 0. The number of rotatable bonds is 3. The Morgan fingerprint density at radius 2 is 1.88 bits per heavy atom. The lowest BCUT2D eigenvalue weighted by molar-refractivity contribution is -0.146. The molecule has 1 amide bonds. The summed E-state index contributed by atoms with van der Waals surface area (Å²) in [7, 11) is 1.41. The Bertz CT molecular complexity index is 922. The number of thiazole rings is 1. The number of esters is 1. The van der Waals surface area contributed by atoms with Crippen molar-refractivity contribution in [2.45, 2.75) is 12.8 Å². The summed E-state index contributed by atoms with van der Waals surface area (Å²) in [4.78, 5) is 32.6. The lowest BCUT2D eigenvalue weighted by Gasteiger charge is -2.30. The van der Waals surface area contributed by atoms with Crippen molar-refractivity contribution in [2.24, 2.45) is 5.92 Å². The molecule has 1 saturated heterocycles. The van der Waals surface area contributed by atoms with Crippen molar-refractivity contribution in [1.29, 1.82) is 0 Å². The molecule has 7 heteroatoms. The molecule has 1 aliphatic rings. The number of ether oxygens (including phenoxy) is 1. The largest absolute Gasteiger partial charge is 0.469 e. The van der Waals surface area contributed by atoms with Gasteiger partial charge in [-0.05, 0) is 37.1 Å². The van der Waals surface area contributed by atoms with Crippen molar-refractivity contribution in [2.75, 3.05) is 20.2 Å². The molecule has 0 bridgehead atoms. The number of methoxy groups -OCH3 is 1. The molecule has 0 aliphatic carbocycles. The zero-order chi connectivity index (χ0) is 18.1. The second-order valence-corrected chi connectivity index (χ2v) is 8.35. The Balaban J connectivity index is 1.47. The smallest absolute Gasteiger partial charge is 0.308 e. The van der Waals surface area contributed by atoms with Crippen LogP contribution in [0.4, 0.5) is 0 Å². The topological polar surface area (TPSA) is 59.5 Å². The molecule has 0 radical (unpaired) electrons. The highest BCUT2D eigenvalue weighted by Gasteiger charge is 2.29. The molecule has 0 saturated carbocycles. The number of carbonyl (C=O) groups excluding carboxylic acids is 2. The van der Waals surface area contributed by atoms with Gasteiger partial charge in [0.25, 0.3) is 5.91 Å². The maximum atomic E-state index is 12.8. The first-order valence-electron chi connectivity index (χ1n) is 8.48. The molecule has 0 N–H and O–H groups in total. The van der Waals surface area contributed by atoms with Gasteiger partial charge in [-0.15, -0.1) is 22.7 Å². The first kappa shape index (κ1) is 17.2. The molecule has 2 aromatic heterocycles. The number of fused-ring (bicyclic) bond motifs is 1. The minimum atomic E-state index is -0.175. The van der Waals surface area contributed by atoms with E-state index in [1.165, 1.54) is 18.4 Å². The van der Waals surface area contributed by atoms with Crippen LogP contribution in [0, 0.1) is 5.92 Å². The number of nitrogens with zero attached hydrogens (tertiary/aromatic N) is 2. The average Bonchev–Trinajstić information content (AvgIpc) is 3.33. The molecule has 3 aromatic rings. The van der Waals surface area contributed by atoms with Gasteiger partial charge in [-0.1, -0.05) is 12.1 Å². The summed E-state index contributed by atoms with van der Waals surface area (Å²) in [5.74, 6) is -0.234. The molecule has 134 valence electrons. The van der Waals surface area contributed by atoms with Crippen molar-refractivity contribution in [3.63, 3.8) is 0 Å². The van der Waals surface area contributed by atoms with E-state index in [0.717, 1.165) is 25.0 Å². The molecule has 4 rings (SSSR count). The third-order valence-corrected chi connectivity index (χ3v) is 6.92. The zero-order valence-corrected chi connectivity index (χ0v) is 15.9. The number of aromatic nitrogens is 1. The monoisotopic (exact) mass is 386 g/mol. The van der Waals surface area contributed by atoms with Gasteiger partial charge in [0.15, 0.2) is 0 Å². The third kappa shape index (κ3) is 3.24. The van der Waals surface area contributed by atoms with Crippen LogP contribution in [0.25, 0.3) is 20.1 Å². The predicted octanol–water partition coefficient (Wildman–Crippen LogP) is 4.05. The summed E-state index contributed by atoms with van der Waals surface area (Å²) in [5, 5.41) is 0.944. The van der Waals surface area contributed by atoms with Crippen molar-refractivity contribution < 1.29 is 14.3 Å². The Hall–Kier alpha value is -2.25. The molecule has 26 heavy (non-hydrogen) atoms. The van der Waals surface area contributed by atoms with Crippen LogP contribution in [0.3, 0.4) is 0 Å². The summed E-state index contributed by atoms with van der Waals surface area (Å²) in [5.41, 5.74) is 0.985. The van der Waals surface area contributed by atoms with Crippen LogP contribution in [0.1, 0.15) is 22.5 Å². The lowest BCUT2D eigenvalue weighted by Crippen LogP contribution is -2.40. The Labute approximate surface area is 159 Å². The second kappa shape index (κ2) is 7.17. The van der Waals surface area contributed by atoms with Gasteiger partial charge >= 0.3 is 5.97 Å². The number of amides is 1. The molecule has 0 atom stereocenters. The van der Waals surface area contributed by atoms with Gasteiger partial charge in [0.1, 0.15) is 5.01 Å². The highest BCUT2D eigenvalue weighted by atomic mass is 32.1. The molecule has 1 aromatic carbocycles. The molecule has 0 unspecified atom stereocenters. The minimum absolute atomic E-state index is 0.0330. The highest BCUT2D eigenvalue weighted by Crippen LogP contribution is 2.35. The van der Waals surface area contributed by atoms with Crippen LogP contribution < -0.4 is 0 Å². The van der Waals surface area contributed by atoms with Crippen LogP contribution in [0.15, 0.2) is 36.4 Å². The summed E-state index contributed by atoms with van der Waals surface area (Å²) in [6.07, 6.45) is 1.32. The molecule has 3 heterocycles. The van der Waals surface area contributed by atoms with E-state index in [2.05, 4.69) is 11.1 Å². The molecular formula is C19H18N2O3S2. The third-order valence-electron chi connectivity index (χ3n) is 4.64. The van der Waals surface area contributed by atoms with Crippen LogP contribution >= 0.6 is 22.7 Å². The van der Waals surface area contributed by atoms with Gasteiger partial charge in [0, 0.05) is 13.1 Å². The van der Waals surface area contributed by atoms with Crippen LogP contribution in [0.5, 0.6) is 0 Å². The minimum Gasteiger partial charge on any atom is -0.469 e. The van der Waals surface area contributed by atoms with Gasteiger partial charge < -0.3 is 9.64 Å². The number of piperidine rings is 1. The Morgan fingerprint density at radius 1 is 1.12 bits per heavy atom. The predicted molar refractivity (Wildman–Crippen MR) is 104 cm³/mol. The van der Waals surface area contributed by atoms with Crippen molar-refractivity contribution in [3.05, 3.63) is 41.3 Å². The summed E-state index contributed by atoms with van der Waals surface area (Å²) in [6.45, 7) is 1.18. The number of hydrogen-bond acceptors (Lipinski definition) is 6. The van der Waals surface area contributed by atoms with Gasteiger partial charge in [-0.3, -0.25) is 9.59 Å². The van der Waals surface area contributed by atoms with E-state index in [1.807, 2.05) is 35.2 Å². The van der Waals surface area contributed by atoms with Gasteiger partial charge in [0.05, 0.1) is 33.0 Å². The number of thiophene rings is 1. The van der Waals surface area contributed by atoms with Crippen LogP contribution in [-0.4, -0.2) is 42.0 Å². The Morgan fingerprint density at radius 3 is 2.62 bits per heavy atom. The second-order valence-electron chi connectivity index (χ2n) is 6.24. The number of likely N-dealkylation sites (tertiary alicyclic amines) is 1. The zero-order valence-electron chi connectivity index (χ0n) is 14.3. The molecule has 5 nitrogen and oxygen atoms in total. The number of benzene rings is 1. The van der Waals surface area contributed by atoms with E-state index in [4.69, 9.17) is 4.74 Å². The van der Waals surface area contributed by atoms with Crippen LogP contribution in [0.2, 0.25) is 0 Å². The van der Waals surface area contributed by atoms with E-state index >= 15 is 0 Å². The Kier molecular flexibility index (Phi) is 4.74. The lowest BCUT2D eigenvalue weighted by atomic mass is 9.97. The van der Waals surface area contributed by atoms with Crippen molar-refractivity contribution >= 4 is 44.8 Å². The normalized spacial score (nSPS) is 15.3. The number of carbonyl (C=O) groups is 2. The van der Waals surface area contributed by atoms with E-state index in [-0.39, 0.29) is 17.8 Å². The van der Waals surface area contributed by atoms with Gasteiger partial charge in [-0.2, -0.15) is 0 Å². The average molecular weight is 386 g/mol. The molecule has 1 aliphatic heterocycles. The highest BCUT2D eigenvalue weighted by molar-refractivity contribution is 7.26. The molecular weight excluding hydrogens is 368 g/mol. The van der Waals surface area contributed by atoms with Crippen LogP contribution in [-0.2, 0) is 9.53 Å². The van der Waals surface area contributed by atoms with Crippen molar-refractivity contribution in [1.82, 2.24) is 9.88 Å². The summed E-state index contributed by atoms with van der Waals surface area (Å²) < 4.78 is 5.95. The quantitative estimate of drug-likeness (QED) is 0.637. The van der Waals surface area contributed by atoms with Crippen molar-refractivity contribution in [3.8, 4) is 9.88 Å². The van der Waals surface area contributed by atoms with E-state index in [0.29, 0.717) is 25.9 Å².